The lowest BCUT2D eigenvalue weighted by atomic mass is 10.2. The molecule has 0 amide bonds. The molecule has 0 atom stereocenters. The van der Waals surface area contributed by atoms with Gasteiger partial charge in [-0.25, -0.2) is 4.98 Å². The van der Waals surface area contributed by atoms with Crippen molar-refractivity contribution in [3.63, 3.8) is 0 Å². The second kappa shape index (κ2) is 5.28. The Bertz CT molecular complexity index is 558. The van der Waals surface area contributed by atoms with Crippen molar-refractivity contribution < 1.29 is 4.42 Å². The van der Waals surface area contributed by atoms with E-state index in [4.69, 9.17) is 10.2 Å². The summed E-state index contributed by atoms with van der Waals surface area (Å²) in [5, 5.41) is 0. The van der Waals surface area contributed by atoms with Crippen molar-refractivity contribution in [2.45, 2.75) is 13.1 Å². The van der Waals surface area contributed by atoms with E-state index in [2.05, 4.69) is 21.8 Å². The van der Waals surface area contributed by atoms with Gasteiger partial charge in [-0.05, 0) is 24.7 Å². The van der Waals surface area contributed by atoms with Crippen molar-refractivity contribution in [2.75, 3.05) is 33.2 Å². The normalized spacial score (nSPS) is 18.2. The van der Waals surface area contributed by atoms with E-state index in [1.54, 1.807) is 0 Å². The van der Waals surface area contributed by atoms with Gasteiger partial charge in [-0.2, -0.15) is 0 Å². The fraction of sp³-hybridized carbons (Fsp3) is 0.500. The topological polar surface area (TPSA) is 58.5 Å². The molecule has 0 saturated carbocycles. The van der Waals surface area contributed by atoms with E-state index >= 15 is 0 Å². The minimum atomic E-state index is 0.538. The maximum atomic E-state index is 5.79. The zero-order chi connectivity index (χ0) is 13.2. The predicted octanol–water partition coefficient (Wildman–Crippen LogP) is 1.03. The largest absolute Gasteiger partial charge is 0.439 e. The monoisotopic (exact) mass is 260 g/mol. The van der Waals surface area contributed by atoms with Gasteiger partial charge in [0.15, 0.2) is 5.58 Å². The van der Waals surface area contributed by atoms with Gasteiger partial charge in [-0.15, -0.1) is 0 Å². The van der Waals surface area contributed by atoms with Gasteiger partial charge < -0.3 is 15.1 Å². The summed E-state index contributed by atoms with van der Waals surface area (Å²) in [4.78, 5) is 9.28. The van der Waals surface area contributed by atoms with Crippen LogP contribution in [-0.2, 0) is 13.1 Å². The molecular formula is C14H20N4O. The van der Waals surface area contributed by atoms with Crippen LogP contribution in [0.2, 0.25) is 0 Å². The van der Waals surface area contributed by atoms with Crippen LogP contribution in [0.1, 0.15) is 11.5 Å². The molecule has 1 aliphatic heterocycles. The van der Waals surface area contributed by atoms with E-state index in [9.17, 15) is 0 Å². The first-order chi connectivity index (χ1) is 9.24. The first kappa shape index (κ1) is 12.6. The third-order valence-corrected chi connectivity index (χ3v) is 3.69. The van der Waals surface area contributed by atoms with Crippen molar-refractivity contribution in [3.05, 3.63) is 29.7 Å². The second-order valence-electron chi connectivity index (χ2n) is 5.19. The molecule has 1 aromatic heterocycles. The van der Waals surface area contributed by atoms with Crippen LogP contribution >= 0.6 is 0 Å². The number of likely N-dealkylation sites (N-methyl/N-ethyl adjacent to an activating group) is 1. The van der Waals surface area contributed by atoms with Gasteiger partial charge in [-0.3, -0.25) is 4.90 Å². The molecule has 3 rings (SSSR count). The molecule has 2 N–H and O–H groups in total. The SMILES string of the molecule is CN1CCN(Cc2nc3cc(CN)ccc3o2)CC1. The number of piperazine rings is 1. The number of oxazole rings is 1. The van der Waals surface area contributed by atoms with Gasteiger partial charge in [0.1, 0.15) is 5.52 Å². The Morgan fingerprint density at radius 1 is 1.26 bits per heavy atom. The van der Waals surface area contributed by atoms with Crippen molar-refractivity contribution in [1.82, 2.24) is 14.8 Å². The van der Waals surface area contributed by atoms with Crippen molar-refractivity contribution in [3.8, 4) is 0 Å². The van der Waals surface area contributed by atoms with E-state index in [1.807, 2.05) is 18.2 Å². The molecule has 0 aliphatic carbocycles. The van der Waals surface area contributed by atoms with E-state index in [-0.39, 0.29) is 0 Å². The van der Waals surface area contributed by atoms with E-state index in [0.29, 0.717) is 6.54 Å². The number of rotatable bonds is 3. The Morgan fingerprint density at radius 2 is 2.05 bits per heavy atom. The van der Waals surface area contributed by atoms with E-state index in [0.717, 1.165) is 55.3 Å². The van der Waals surface area contributed by atoms with Crippen molar-refractivity contribution in [1.29, 1.82) is 0 Å². The number of fused-ring (bicyclic) bond motifs is 1. The van der Waals surface area contributed by atoms with Crippen LogP contribution in [0.25, 0.3) is 11.1 Å². The molecule has 2 aromatic rings. The minimum Gasteiger partial charge on any atom is -0.439 e. The zero-order valence-corrected chi connectivity index (χ0v) is 11.3. The molecule has 0 spiro atoms. The summed E-state index contributed by atoms with van der Waals surface area (Å²) in [6.45, 7) is 5.69. The van der Waals surface area contributed by atoms with Crippen molar-refractivity contribution in [2.24, 2.45) is 5.73 Å². The molecule has 102 valence electrons. The second-order valence-corrected chi connectivity index (χ2v) is 5.19. The van der Waals surface area contributed by atoms with Gasteiger partial charge in [0.2, 0.25) is 5.89 Å². The highest BCUT2D eigenvalue weighted by Gasteiger charge is 2.16. The highest BCUT2D eigenvalue weighted by atomic mass is 16.3. The van der Waals surface area contributed by atoms with Gasteiger partial charge in [0.25, 0.3) is 0 Å². The predicted molar refractivity (Wildman–Crippen MR) is 74.7 cm³/mol. The third-order valence-electron chi connectivity index (χ3n) is 3.69. The fourth-order valence-electron chi connectivity index (χ4n) is 2.41. The Hall–Kier alpha value is -1.43. The number of hydrogen-bond donors (Lipinski definition) is 1. The average molecular weight is 260 g/mol. The lowest BCUT2D eigenvalue weighted by molar-refractivity contribution is 0.139. The van der Waals surface area contributed by atoms with Gasteiger partial charge in [0, 0.05) is 32.7 Å². The molecule has 1 fully saturated rings. The minimum absolute atomic E-state index is 0.538. The maximum Gasteiger partial charge on any atom is 0.209 e. The quantitative estimate of drug-likeness (QED) is 0.893. The fourth-order valence-corrected chi connectivity index (χ4v) is 2.41. The zero-order valence-electron chi connectivity index (χ0n) is 11.3. The molecule has 0 unspecified atom stereocenters. The summed E-state index contributed by atoms with van der Waals surface area (Å²) in [5.74, 6) is 0.800. The number of nitrogens with zero attached hydrogens (tertiary/aromatic N) is 3. The summed E-state index contributed by atoms with van der Waals surface area (Å²) in [6.07, 6.45) is 0. The van der Waals surface area contributed by atoms with Crippen molar-refractivity contribution >= 4 is 11.1 Å². The first-order valence-corrected chi connectivity index (χ1v) is 6.74. The molecule has 2 heterocycles. The number of hydrogen-bond acceptors (Lipinski definition) is 5. The van der Waals surface area contributed by atoms with Gasteiger partial charge in [0.05, 0.1) is 6.54 Å². The molecule has 19 heavy (non-hydrogen) atoms. The van der Waals surface area contributed by atoms with Crippen LogP contribution in [0.3, 0.4) is 0 Å². The average Bonchev–Trinajstić information content (AvgIpc) is 2.82. The molecule has 1 aromatic carbocycles. The summed E-state index contributed by atoms with van der Waals surface area (Å²) >= 11 is 0. The highest BCUT2D eigenvalue weighted by molar-refractivity contribution is 5.73. The number of benzene rings is 1. The van der Waals surface area contributed by atoms with Crippen LogP contribution in [0.5, 0.6) is 0 Å². The number of nitrogens with two attached hydrogens (primary N) is 1. The van der Waals surface area contributed by atoms with Gasteiger partial charge in [-0.1, -0.05) is 6.07 Å². The molecule has 5 heteroatoms. The smallest absolute Gasteiger partial charge is 0.209 e. The van der Waals surface area contributed by atoms with E-state index in [1.165, 1.54) is 0 Å². The summed E-state index contributed by atoms with van der Waals surface area (Å²) in [6, 6.07) is 5.96. The third kappa shape index (κ3) is 2.78. The first-order valence-electron chi connectivity index (χ1n) is 6.74. The number of aromatic nitrogens is 1. The Morgan fingerprint density at radius 3 is 2.79 bits per heavy atom. The molecular weight excluding hydrogens is 240 g/mol. The van der Waals surface area contributed by atoms with Crippen LogP contribution in [0.15, 0.2) is 22.6 Å². The molecule has 1 saturated heterocycles. The summed E-state index contributed by atoms with van der Waals surface area (Å²) < 4.78 is 5.79. The van der Waals surface area contributed by atoms with Crippen LogP contribution in [0.4, 0.5) is 0 Å². The summed E-state index contributed by atoms with van der Waals surface area (Å²) in [5.41, 5.74) is 8.49. The van der Waals surface area contributed by atoms with Crippen LogP contribution < -0.4 is 5.73 Å². The lowest BCUT2D eigenvalue weighted by Crippen LogP contribution is -2.43. The molecule has 1 aliphatic rings. The highest BCUT2D eigenvalue weighted by Crippen LogP contribution is 2.18. The standard InChI is InChI=1S/C14H20N4O/c1-17-4-6-18(7-5-17)10-14-16-12-8-11(9-15)2-3-13(12)19-14/h2-3,8H,4-7,9-10,15H2,1H3. The Kier molecular flexibility index (Phi) is 3.50. The Balaban J connectivity index is 1.74. The van der Waals surface area contributed by atoms with Crippen LogP contribution in [0, 0.1) is 0 Å². The molecule has 0 radical (unpaired) electrons. The van der Waals surface area contributed by atoms with Crippen LogP contribution in [-0.4, -0.2) is 48.0 Å². The Labute approximate surface area is 113 Å². The van der Waals surface area contributed by atoms with Gasteiger partial charge >= 0.3 is 0 Å². The molecule has 0 bridgehead atoms. The summed E-state index contributed by atoms with van der Waals surface area (Å²) in [7, 11) is 2.16. The molecule has 5 nitrogen and oxygen atoms in total. The van der Waals surface area contributed by atoms with E-state index < -0.39 is 0 Å². The maximum absolute atomic E-state index is 5.79. The lowest BCUT2D eigenvalue weighted by Gasteiger charge is -2.31.